The zero-order chi connectivity index (χ0) is 24.2. The highest BCUT2D eigenvalue weighted by atomic mass is 32.2. The SMILES string of the molecule is Cc1cc(-c2noc(C(F)(F)F)c2-c2cc(F)c(S(N)(=O)=O)c(F)c2)ccc1C(F)(F)F. The van der Waals surface area contributed by atoms with Gasteiger partial charge in [-0.05, 0) is 42.3 Å². The second-order valence-corrected chi connectivity index (χ2v) is 8.07. The topological polar surface area (TPSA) is 86.2 Å². The van der Waals surface area contributed by atoms with Gasteiger partial charge in [-0.1, -0.05) is 11.2 Å². The summed E-state index contributed by atoms with van der Waals surface area (Å²) < 4.78 is 135. The Labute approximate surface area is 174 Å². The van der Waals surface area contributed by atoms with Crippen LogP contribution in [0.25, 0.3) is 22.4 Å². The van der Waals surface area contributed by atoms with Gasteiger partial charge in [0.15, 0.2) is 4.90 Å². The Balaban J connectivity index is 2.31. The summed E-state index contributed by atoms with van der Waals surface area (Å²) in [5.74, 6) is -5.37. The number of alkyl halides is 6. The van der Waals surface area contributed by atoms with E-state index in [0.717, 1.165) is 19.1 Å². The Morgan fingerprint density at radius 3 is 1.91 bits per heavy atom. The molecule has 2 aromatic carbocycles. The van der Waals surface area contributed by atoms with E-state index in [4.69, 9.17) is 5.14 Å². The second kappa shape index (κ2) is 7.55. The molecule has 3 aromatic rings. The highest BCUT2D eigenvalue weighted by Gasteiger charge is 2.42. The minimum absolute atomic E-state index is 0.269. The summed E-state index contributed by atoms with van der Waals surface area (Å²) in [5, 5.41) is 7.93. The van der Waals surface area contributed by atoms with Gasteiger partial charge < -0.3 is 4.52 Å². The molecule has 2 N–H and O–H groups in total. The number of aromatic nitrogens is 1. The first-order chi connectivity index (χ1) is 14.5. The van der Waals surface area contributed by atoms with Gasteiger partial charge in [0, 0.05) is 5.56 Å². The quantitative estimate of drug-likeness (QED) is 0.511. The average molecular weight is 486 g/mol. The Morgan fingerprint density at radius 2 is 1.47 bits per heavy atom. The number of rotatable bonds is 3. The average Bonchev–Trinajstić information content (AvgIpc) is 3.04. The van der Waals surface area contributed by atoms with Crippen LogP contribution in [0.1, 0.15) is 16.9 Å². The molecular weight excluding hydrogens is 476 g/mol. The van der Waals surface area contributed by atoms with Crippen LogP contribution >= 0.6 is 0 Å². The molecule has 0 unspecified atom stereocenters. The summed E-state index contributed by atoms with van der Waals surface area (Å²) in [5.41, 5.74) is -4.20. The summed E-state index contributed by atoms with van der Waals surface area (Å²) in [6.07, 6.45) is -9.95. The van der Waals surface area contributed by atoms with Crippen LogP contribution in [0.3, 0.4) is 0 Å². The fraction of sp³-hybridized carbons (Fsp3) is 0.167. The van der Waals surface area contributed by atoms with E-state index in [2.05, 4.69) is 9.68 Å². The minimum atomic E-state index is -5.22. The molecular formula is C18H10F8N2O3S. The van der Waals surface area contributed by atoms with Gasteiger partial charge in [0.2, 0.25) is 15.8 Å². The molecule has 1 aromatic heterocycles. The van der Waals surface area contributed by atoms with E-state index in [1.807, 2.05) is 0 Å². The fourth-order valence-electron chi connectivity index (χ4n) is 3.05. The first-order valence-corrected chi connectivity index (χ1v) is 9.83. The monoisotopic (exact) mass is 486 g/mol. The highest BCUT2D eigenvalue weighted by Crippen LogP contribution is 2.44. The number of halogens is 8. The van der Waals surface area contributed by atoms with Gasteiger partial charge in [-0.25, -0.2) is 22.3 Å². The second-order valence-electron chi connectivity index (χ2n) is 6.57. The molecule has 0 radical (unpaired) electrons. The number of primary sulfonamides is 1. The van der Waals surface area contributed by atoms with Crippen LogP contribution in [0, 0.1) is 18.6 Å². The molecule has 0 bridgehead atoms. The van der Waals surface area contributed by atoms with Crippen molar-refractivity contribution in [3.63, 3.8) is 0 Å². The van der Waals surface area contributed by atoms with Crippen LogP contribution in [-0.2, 0) is 22.4 Å². The number of benzene rings is 2. The predicted octanol–water partition coefficient (Wildman–Crippen LogP) is 5.28. The molecule has 0 spiro atoms. The van der Waals surface area contributed by atoms with Gasteiger partial charge in [0.1, 0.15) is 17.3 Å². The van der Waals surface area contributed by atoms with Crippen LogP contribution in [-0.4, -0.2) is 13.6 Å². The number of nitrogens with two attached hydrogens (primary N) is 1. The molecule has 3 rings (SSSR count). The summed E-state index contributed by atoms with van der Waals surface area (Å²) >= 11 is 0. The van der Waals surface area contributed by atoms with Crippen molar-refractivity contribution in [2.24, 2.45) is 5.14 Å². The molecule has 0 aliphatic carbocycles. The molecule has 32 heavy (non-hydrogen) atoms. The lowest BCUT2D eigenvalue weighted by molar-refractivity contribution is -0.155. The molecule has 0 aliphatic rings. The molecule has 0 fully saturated rings. The molecule has 0 amide bonds. The molecule has 5 nitrogen and oxygen atoms in total. The summed E-state index contributed by atoms with van der Waals surface area (Å²) in [7, 11) is -4.89. The Morgan fingerprint density at radius 1 is 0.906 bits per heavy atom. The van der Waals surface area contributed by atoms with E-state index >= 15 is 0 Å². The zero-order valence-electron chi connectivity index (χ0n) is 15.6. The molecule has 0 saturated carbocycles. The van der Waals surface area contributed by atoms with Gasteiger partial charge in [0.25, 0.3) is 0 Å². The third-order valence-corrected chi connectivity index (χ3v) is 5.29. The Kier molecular flexibility index (Phi) is 5.58. The lowest BCUT2D eigenvalue weighted by atomic mass is 9.96. The number of sulfonamides is 1. The maximum Gasteiger partial charge on any atom is 0.453 e. The molecule has 0 atom stereocenters. The third-order valence-electron chi connectivity index (χ3n) is 4.33. The number of aryl methyl sites for hydroxylation is 1. The fourth-order valence-corrected chi connectivity index (χ4v) is 3.71. The van der Waals surface area contributed by atoms with E-state index in [-0.39, 0.29) is 23.3 Å². The van der Waals surface area contributed by atoms with Crippen molar-refractivity contribution in [1.82, 2.24) is 5.16 Å². The van der Waals surface area contributed by atoms with Gasteiger partial charge in [0.05, 0.1) is 11.1 Å². The zero-order valence-corrected chi connectivity index (χ0v) is 16.4. The smallest absolute Gasteiger partial charge is 0.350 e. The van der Waals surface area contributed by atoms with E-state index in [9.17, 15) is 43.5 Å². The van der Waals surface area contributed by atoms with Crippen LogP contribution in [0.4, 0.5) is 35.1 Å². The van der Waals surface area contributed by atoms with E-state index in [0.29, 0.717) is 6.07 Å². The van der Waals surface area contributed by atoms with Crippen molar-refractivity contribution in [1.29, 1.82) is 0 Å². The summed E-state index contributed by atoms with van der Waals surface area (Å²) in [4.78, 5) is -1.57. The van der Waals surface area contributed by atoms with Crippen LogP contribution < -0.4 is 5.14 Å². The van der Waals surface area contributed by atoms with Crippen molar-refractivity contribution in [3.8, 4) is 22.4 Å². The normalized spacial score (nSPS) is 12.9. The van der Waals surface area contributed by atoms with E-state index < -0.39 is 67.1 Å². The van der Waals surface area contributed by atoms with Crippen molar-refractivity contribution >= 4 is 10.0 Å². The van der Waals surface area contributed by atoms with Crippen LogP contribution in [0.5, 0.6) is 0 Å². The first-order valence-electron chi connectivity index (χ1n) is 8.29. The minimum Gasteiger partial charge on any atom is -0.350 e. The summed E-state index contributed by atoms with van der Waals surface area (Å²) in [6.45, 7) is 1.05. The van der Waals surface area contributed by atoms with Gasteiger partial charge in [-0.2, -0.15) is 26.3 Å². The van der Waals surface area contributed by atoms with Gasteiger partial charge >= 0.3 is 12.4 Å². The van der Waals surface area contributed by atoms with Crippen molar-refractivity contribution < 1.29 is 48.1 Å². The lowest BCUT2D eigenvalue weighted by Gasteiger charge is -2.12. The number of nitrogens with zero attached hydrogens (tertiary/aromatic N) is 1. The molecule has 1 heterocycles. The Hall–Kier alpha value is -3.00. The standard InChI is InChI=1S/C18H10F8N2O3S/c1-7-4-8(2-3-10(7)17(21,22)23)14-13(16(31-28-14)18(24,25)26)9-5-11(19)15(12(20)6-9)32(27,29)30/h2-6H,1H3,(H2,27,29,30). The molecule has 172 valence electrons. The molecule has 14 heteroatoms. The largest absolute Gasteiger partial charge is 0.453 e. The molecule has 0 aliphatic heterocycles. The van der Waals surface area contributed by atoms with Crippen molar-refractivity contribution in [2.45, 2.75) is 24.2 Å². The van der Waals surface area contributed by atoms with Gasteiger partial charge in [-0.15, -0.1) is 0 Å². The van der Waals surface area contributed by atoms with Crippen molar-refractivity contribution in [3.05, 3.63) is 58.9 Å². The van der Waals surface area contributed by atoms with E-state index in [1.165, 1.54) is 0 Å². The molecule has 0 saturated heterocycles. The lowest BCUT2D eigenvalue weighted by Crippen LogP contribution is -2.16. The third kappa shape index (κ3) is 4.32. The highest BCUT2D eigenvalue weighted by molar-refractivity contribution is 7.89. The van der Waals surface area contributed by atoms with Gasteiger partial charge in [-0.3, -0.25) is 0 Å². The van der Waals surface area contributed by atoms with Crippen LogP contribution in [0.2, 0.25) is 0 Å². The maximum atomic E-state index is 14.3. The number of hydrogen-bond donors (Lipinski definition) is 1. The number of hydrogen-bond acceptors (Lipinski definition) is 4. The van der Waals surface area contributed by atoms with E-state index in [1.54, 1.807) is 0 Å². The predicted molar refractivity (Wildman–Crippen MR) is 93.4 cm³/mol. The van der Waals surface area contributed by atoms with Crippen LogP contribution in [0.15, 0.2) is 39.8 Å². The maximum absolute atomic E-state index is 14.3. The Bertz CT molecular complexity index is 1290. The van der Waals surface area contributed by atoms with Crippen molar-refractivity contribution in [2.75, 3.05) is 0 Å². The summed E-state index contributed by atoms with van der Waals surface area (Å²) in [6, 6.07) is 2.82. The first kappa shape index (κ1) is 23.7.